The minimum atomic E-state index is 0.259. The summed E-state index contributed by atoms with van der Waals surface area (Å²) in [5.41, 5.74) is 0.961. The zero-order valence-electron chi connectivity index (χ0n) is 9.36. The second kappa shape index (κ2) is 5.21. The third-order valence-corrected chi connectivity index (χ3v) is 3.16. The number of rotatable bonds is 5. The Balaban J connectivity index is 2.01. The molecule has 0 aromatic carbocycles. The number of aromatic nitrogens is 2. The number of imidazole rings is 1. The lowest BCUT2D eigenvalue weighted by molar-refractivity contribution is 0.751. The van der Waals surface area contributed by atoms with Crippen LogP contribution >= 0.6 is 11.6 Å². The molecule has 0 bridgehead atoms. The van der Waals surface area contributed by atoms with E-state index in [1.54, 1.807) is 6.20 Å². The number of anilines is 1. The summed E-state index contributed by atoms with van der Waals surface area (Å²) in [4.78, 5) is 4.24. The van der Waals surface area contributed by atoms with Crippen LogP contribution in [0.4, 0.5) is 5.82 Å². The van der Waals surface area contributed by atoms with Crippen LogP contribution in [0.3, 0.4) is 0 Å². The molecule has 2 aromatic heterocycles. The first kappa shape index (κ1) is 11.3. The van der Waals surface area contributed by atoms with Gasteiger partial charge in [0.2, 0.25) is 0 Å². The van der Waals surface area contributed by atoms with Crippen molar-refractivity contribution in [3.8, 4) is 0 Å². The second-order valence-electron chi connectivity index (χ2n) is 3.79. The number of pyridine rings is 1. The Morgan fingerprint density at radius 2 is 2.38 bits per heavy atom. The maximum atomic E-state index is 6.07. The maximum Gasteiger partial charge on any atom is 0.138 e. The van der Waals surface area contributed by atoms with Crippen LogP contribution in [0.25, 0.3) is 5.65 Å². The van der Waals surface area contributed by atoms with E-state index < -0.39 is 0 Å². The smallest absolute Gasteiger partial charge is 0.138 e. The Morgan fingerprint density at radius 3 is 3.19 bits per heavy atom. The van der Waals surface area contributed by atoms with E-state index in [1.165, 1.54) is 0 Å². The monoisotopic (exact) mass is 237 g/mol. The second-order valence-corrected chi connectivity index (χ2v) is 4.40. The molecule has 0 saturated carbocycles. The Morgan fingerprint density at radius 1 is 1.50 bits per heavy atom. The highest BCUT2D eigenvalue weighted by molar-refractivity contribution is 6.20. The predicted molar refractivity (Wildman–Crippen MR) is 68.2 cm³/mol. The summed E-state index contributed by atoms with van der Waals surface area (Å²) in [6.45, 7) is 2.99. The number of fused-ring (bicyclic) bond motifs is 1. The molecule has 1 unspecified atom stereocenters. The normalized spacial score (nSPS) is 12.9. The van der Waals surface area contributed by atoms with E-state index in [2.05, 4.69) is 17.2 Å². The minimum absolute atomic E-state index is 0.259. The van der Waals surface area contributed by atoms with E-state index in [1.807, 2.05) is 28.8 Å². The quantitative estimate of drug-likeness (QED) is 0.810. The van der Waals surface area contributed by atoms with E-state index in [0.717, 1.165) is 30.9 Å². The molecule has 4 heteroatoms. The average molecular weight is 238 g/mol. The predicted octanol–water partition coefficient (Wildman–Crippen LogP) is 3.15. The van der Waals surface area contributed by atoms with E-state index in [9.17, 15) is 0 Å². The molecule has 2 aromatic rings. The van der Waals surface area contributed by atoms with Gasteiger partial charge in [-0.1, -0.05) is 13.0 Å². The molecule has 0 aliphatic rings. The molecule has 0 radical (unpaired) electrons. The van der Waals surface area contributed by atoms with Crippen LogP contribution in [0.5, 0.6) is 0 Å². The van der Waals surface area contributed by atoms with Crippen LogP contribution in [0.2, 0.25) is 0 Å². The Labute approximate surface area is 100 Å². The van der Waals surface area contributed by atoms with Gasteiger partial charge in [0.25, 0.3) is 0 Å². The van der Waals surface area contributed by atoms with Crippen molar-refractivity contribution in [2.75, 3.05) is 11.9 Å². The lowest BCUT2D eigenvalue weighted by Crippen LogP contribution is -2.10. The average Bonchev–Trinajstić information content (AvgIpc) is 2.77. The largest absolute Gasteiger partial charge is 0.371 e. The fourth-order valence-corrected chi connectivity index (χ4v) is 1.76. The first-order chi connectivity index (χ1) is 7.81. The number of nitrogens with one attached hydrogen (secondary N) is 1. The lowest BCUT2D eigenvalue weighted by atomic mass is 10.2. The molecule has 1 atom stereocenters. The van der Waals surface area contributed by atoms with Crippen molar-refractivity contribution >= 4 is 23.1 Å². The maximum absolute atomic E-state index is 6.07. The van der Waals surface area contributed by atoms with Gasteiger partial charge >= 0.3 is 0 Å². The number of halogens is 1. The van der Waals surface area contributed by atoms with Gasteiger partial charge in [-0.2, -0.15) is 0 Å². The van der Waals surface area contributed by atoms with Crippen LogP contribution in [-0.2, 0) is 0 Å². The summed E-state index contributed by atoms with van der Waals surface area (Å²) >= 11 is 6.07. The summed E-state index contributed by atoms with van der Waals surface area (Å²) in [6.07, 6.45) is 5.74. The molecule has 86 valence electrons. The molecule has 3 nitrogen and oxygen atoms in total. The van der Waals surface area contributed by atoms with Gasteiger partial charge in [-0.15, -0.1) is 11.6 Å². The third kappa shape index (κ3) is 2.47. The number of nitrogens with zero attached hydrogens (tertiary/aromatic N) is 2. The molecule has 0 aliphatic carbocycles. The first-order valence-electron chi connectivity index (χ1n) is 5.61. The molecule has 1 N–H and O–H groups in total. The summed E-state index contributed by atoms with van der Waals surface area (Å²) in [6, 6.07) is 6.04. The highest BCUT2D eigenvalue weighted by atomic mass is 35.5. The van der Waals surface area contributed by atoms with Gasteiger partial charge < -0.3 is 5.32 Å². The Kier molecular flexibility index (Phi) is 3.67. The molecule has 2 heterocycles. The highest BCUT2D eigenvalue weighted by Gasteiger charge is 2.02. The third-order valence-electron chi connectivity index (χ3n) is 2.63. The lowest BCUT2D eigenvalue weighted by Gasteiger charge is -2.10. The van der Waals surface area contributed by atoms with Crippen molar-refractivity contribution in [1.82, 2.24) is 9.38 Å². The zero-order chi connectivity index (χ0) is 11.4. The van der Waals surface area contributed by atoms with Gasteiger partial charge in [0, 0.05) is 24.3 Å². The molecule has 0 amide bonds. The van der Waals surface area contributed by atoms with Crippen LogP contribution in [0.1, 0.15) is 19.8 Å². The fraction of sp³-hybridized carbons (Fsp3) is 0.417. The van der Waals surface area contributed by atoms with E-state index >= 15 is 0 Å². The van der Waals surface area contributed by atoms with Crippen molar-refractivity contribution in [2.24, 2.45) is 0 Å². The molecule has 0 aliphatic heterocycles. The van der Waals surface area contributed by atoms with Gasteiger partial charge in [0.05, 0.1) is 0 Å². The van der Waals surface area contributed by atoms with Gasteiger partial charge in [0.15, 0.2) is 0 Å². The summed E-state index contributed by atoms with van der Waals surface area (Å²) in [5.74, 6) is 1.06. The van der Waals surface area contributed by atoms with Crippen molar-refractivity contribution in [3.05, 3.63) is 30.6 Å². The van der Waals surface area contributed by atoms with Gasteiger partial charge in [-0.25, -0.2) is 4.98 Å². The summed E-state index contributed by atoms with van der Waals surface area (Å²) < 4.78 is 2.04. The summed E-state index contributed by atoms with van der Waals surface area (Å²) in [5, 5.41) is 3.64. The number of hydrogen-bond donors (Lipinski definition) is 1. The summed E-state index contributed by atoms with van der Waals surface area (Å²) in [7, 11) is 0. The topological polar surface area (TPSA) is 29.3 Å². The Hall–Kier alpha value is -1.22. The standard InChI is InChI=1S/C12H16ClN3/c1-2-10(13)6-7-14-11-4-3-5-12-15-8-9-16(11)12/h3-5,8-10,14H,2,6-7H2,1H3. The number of hydrogen-bond acceptors (Lipinski definition) is 2. The first-order valence-corrected chi connectivity index (χ1v) is 6.05. The van der Waals surface area contributed by atoms with Crippen molar-refractivity contribution in [1.29, 1.82) is 0 Å². The Bertz CT molecular complexity index is 452. The van der Waals surface area contributed by atoms with Crippen molar-refractivity contribution in [2.45, 2.75) is 25.1 Å². The van der Waals surface area contributed by atoms with E-state index in [0.29, 0.717) is 0 Å². The van der Waals surface area contributed by atoms with Gasteiger partial charge in [0.1, 0.15) is 11.5 Å². The van der Waals surface area contributed by atoms with Crippen molar-refractivity contribution < 1.29 is 0 Å². The van der Waals surface area contributed by atoms with Crippen LogP contribution in [0.15, 0.2) is 30.6 Å². The number of alkyl halides is 1. The molecule has 16 heavy (non-hydrogen) atoms. The van der Waals surface area contributed by atoms with E-state index in [4.69, 9.17) is 11.6 Å². The fourth-order valence-electron chi connectivity index (χ4n) is 1.65. The van der Waals surface area contributed by atoms with Crippen molar-refractivity contribution in [3.63, 3.8) is 0 Å². The SMILES string of the molecule is CCC(Cl)CCNc1cccc2nccn12. The van der Waals surface area contributed by atoms with Gasteiger partial charge in [-0.05, 0) is 25.0 Å². The van der Waals surface area contributed by atoms with E-state index in [-0.39, 0.29) is 5.38 Å². The molecular weight excluding hydrogens is 222 g/mol. The van der Waals surface area contributed by atoms with Gasteiger partial charge in [-0.3, -0.25) is 4.40 Å². The molecule has 0 saturated heterocycles. The van der Waals surface area contributed by atoms with Crippen LogP contribution in [-0.4, -0.2) is 21.3 Å². The molecule has 0 fully saturated rings. The molecular formula is C12H16ClN3. The molecule has 2 rings (SSSR count). The van der Waals surface area contributed by atoms with Crippen LogP contribution < -0.4 is 5.32 Å². The zero-order valence-corrected chi connectivity index (χ0v) is 10.1. The minimum Gasteiger partial charge on any atom is -0.371 e. The molecule has 0 spiro atoms. The van der Waals surface area contributed by atoms with Crippen LogP contribution in [0, 0.1) is 0 Å². The highest BCUT2D eigenvalue weighted by Crippen LogP contribution is 2.12.